The number of ether oxygens (including phenoxy) is 1. The van der Waals surface area contributed by atoms with Crippen molar-refractivity contribution in [1.29, 1.82) is 0 Å². The van der Waals surface area contributed by atoms with Crippen LogP contribution in [0.25, 0.3) is 0 Å². The van der Waals surface area contributed by atoms with Gasteiger partial charge in [-0.1, -0.05) is 6.92 Å². The summed E-state index contributed by atoms with van der Waals surface area (Å²) in [5, 5.41) is 0. The molecule has 0 aliphatic rings. The summed E-state index contributed by atoms with van der Waals surface area (Å²) in [6.45, 7) is 7.05. The lowest BCUT2D eigenvalue weighted by atomic mass is 9.89. The Hall–Kier alpha value is -1.17. The van der Waals surface area contributed by atoms with Gasteiger partial charge in [-0.15, -0.1) is 0 Å². The van der Waals surface area contributed by atoms with Crippen LogP contribution in [0.1, 0.15) is 38.8 Å². The minimum Gasteiger partial charge on any atom is -0.492 e. The lowest BCUT2D eigenvalue weighted by molar-refractivity contribution is 0.138. The van der Waals surface area contributed by atoms with Gasteiger partial charge in [-0.05, 0) is 46.0 Å². The summed E-state index contributed by atoms with van der Waals surface area (Å²) in [5.74, 6) is 6.52. The fourth-order valence-corrected chi connectivity index (χ4v) is 1.86. The van der Waals surface area contributed by atoms with Crippen LogP contribution in [0.5, 0.6) is 5.75 Å². The van der Waals surface area contributed by atoms with Gasteiger partial charge in [0.2, 0.25) is 0 Å². The maximum absolute atomic E-state index is 5.73. The highest BCUT2D eigenvalue weighted by atomic mass is 16.5. The van der Waals surface area contributed by atoms with E-state index in [1.54, 1.807) is 6.20 Å². The number of nitrogens with zero attached hydrogens (tertiary/aromatic N) is 2. The minimum absolute atomic E-state index is 0.0276. The summed E-state index contributed by atoms with van der Waals surface area (Å²) in [6, 6.07) is 1.97. The zero-order chi connectivity index (χ0) is 14.5. The Labute approximate surface area is 116 Å². The van der Waals surface area contributed by atoms with Crippen molar-refractivity contribution in [2.24, 2.45) is 5.84 Å². The molecule has 5 heteroatoms. The Kier molecular flexibility index (Phi) is 5.72. The van der Waals surface area contributed by atoms with Gasteiger partial charge < -0.3 is 9.64 Å². The van der Waals surface area contributed by atoms with Crippen LogP contribution in [0.3, 0.4) is 0 Å². The van der Waals surface area contributed by atoms with E-state index in [1.807, 2.05) is 26.4 Å². The molecule has 0 aromatic carbocycles. The molecule has 3 N–H and O–H groups in total. The third-order valence-electron chi connectivity index (χ3n) is 3.57. The number of pyridine rings is 1. The van der Waals surface area contributed by atoms with Gasteiger partial charge in [0.05, 0.1) is 18.8 Å². The van der Waals surface area contributed by atoms with E-state index in [0.29, 0.717) is 6.61 Å². The summed E-state index contributed by atoms with van der Waals surface area (Å²) in [5.41, 5.74) is 3.77. The van der Waals surface area contributed by atoms with Gasteiger partial charge in [-0.3, -0.25) is 16.3 Å². The van der Waals surface area contributed by atoms with E-state index in [4.69, 9.17) is 10.6 Å². The van der Waals surface area contributed by atoms with Crippen LogP contribution in [0.15, 0.2) is 18.5 Å². The predicted molar refractivity (Wildman–Crippen MR) is 77.9 cm³/mol. The van der Waals surface area contributed by atoms with Gasteiger partial charge >= 0.3 is 0 Å². The first-order valence-corrected chi connectivity index (χ1v) is 6.64. The highest BCUT2D eigenvalue weighted by Gasteiger charge is 2.32. The molecule has 5 nitrogen and oxygen atoms in total. The van der Waals surface area contributed by atoms with Crippen LogP contribution in [0.4, 0.5) is 0 Å². The van der Waals surface area contributed by atoms with E-state index in [2.05, 4.69) is 36.1 Å². The molecule has 19 heavy (non-hydrogen) atoms. The Morgan fingerprint density at radius 2 is 2.11 bits per heavy atom. The third-order valence-corrected chi connectivity index (χ3v) is 3.57. The molecule has 0 aliphatic carbocycles. The Morgan fingerprint density at radius 3 is 2.63 bits per heavy atom. The van der Waals surface area contributed by atoms with Crippen LogP contribution in [-0.2, 0) is 0 Å². The first kappa shape index (κ1) is 15.9. The molecular formula is C14H26N4O. The van der Waals surface area contributed by atoms with E-state index in [0.717, 1.165) is 17.7 Å². The molecule has 0 spiro atoms. The molecule has 1 aromatic rings. The number of nitrogens with one attached hydrogen (secondary N) is 1. The van der Waals surface area contributed by atoms with Crippen LogP contribution < -0.4 is 16.0 Å². The summed E-state index contributed by atoms with van der Waals surface area (Å²) < 4.78 is 5.62. The van der Waals surface area contributed by atoms with Crippen molar-refractivity contribution < 1.29 is 4.74 Å². The second-order valence-electron chi connectivity index (χ2n) is 5.45. The van der Waals surface area contributed by atoms with E-state index < -0.39 is 0 Å². The largest absolute Gasteiger partial charge is 0.492 e. The SMILES string of the molecule is CCCOc1cncc(C(NN)C(C)(C)N(C)C)c1. The van der Waals surface area contributed by atoms with Crippen molar-refractivity contribution in [3.05, 3.63) is 24.0 Å². The molecule has 0 radical (unpaired) electrons. The Bertz CT molecular complexity index is 393. The second kappa shape index (κ2) is 6.84. The maximum Gasteiger partial charge on any atom is 0.137 e. The molecule has 0 aliphatic heterocycles. The molecular weight excluding hydrogens is 240 g/mol. The van der Waals surface area contributed by atoms with Crippen molar-refractivity contribution in [2.45, 2.75) is 38.8 Å². The highest BCUT2D eigenvalue weighted by Crippen LogP contribution is 2.29. The molecule has 0 amide bonds. The number of nitrogens with two attached hydrogens (primary N) is 1. The third kappa shape index (κ3) is 3.89. The van der Waals surface area contributed by atoms with Gasteiger partial charge in [-0.2, -0.15) is 0 Å². The van der Waals surface area contributed by atoms with Crippen LogP contribution in [0, 0.1) is 0 Å². The number of likely N-dealkylation sites (N-methyl/N-ethyl adjacent to an activating group) is 1. The number of rotatable bonds is 7. The molecule has 0 fully saturated rings. The highest BCUT2D eigenvalue weighted by molar-refractivity contribution is 5.28. The quantitative estimate of drug-likeness (QED) is 0.581. The molecule has 0 bridgehead atoms. The van der Waals surface area contributed by atoms with Crippen molar-refractivity contribution in [3.8, 4) is 5.75 Å². The molecule has 1 aromatic heterocycles. The monoisotopic (exact) mass is 266 g/mol. The predicted octanol–water partition coefficient (Wildman–Crippen LogP) is 1.71. The van der Waals surface area contributed by atoms with E-state index in [-0.39, 0.29) is 11.6 Å². The van der Waals surface area contributed by atoms with Crippen LogP contribution in [-0.4, -0.2) is 36.1 Å². The lowest BCUT2D eigenvalue weighted by Gasteiger charge is -2.39. The number of aromatic nitrogens is 1. The van der Waals surface area contributed by atoms with Crippen molar-refractivity contribution in [2.75, 3.05) is 20.7 Å². The summed E-state index contributed by atoms with van der Waals surface area (Å²) >= 11 is 0. The fraction of sp³-hybridized carbons (Fsp3) is 0.643. The van der Waals surface area contributed by atoms with Gasteiger partial charge in [0.25, 0.3) is 0 Å². The molecule has 1 rings (SSSR count). The molecule has 1 heterocycles. The standard InChI is InChI=1S/C14H26N4O/c1-6-7-19-12-8-11(9-16-10-12)13(17-15)14(2,3)18(4)5/h8-10,13,17H,6-7,15H2,1-5H3. The molecule has 108 valence electrons. The molecule has 0 saturated carbocycles. The zero-order valence-corrected chi connectivity index (χ0v) is 12.6. The molecule has 0 saturated heterocycles. The zero-order valence-electron chi connectivity index (χ0n) is 12.6. The van der Waals surface area contributed by atoms with Crippen LogP contribution >= 0.6 is 0 Å². The van der Waals surface area contributed by atoms with E-state index in [9.17, 15) is 0 Å². The first-order chi connectivity index (χ1) is 8.93. The van der Waals surface area contributed by atoms with Crippen LogP contribution in [0.2, 0.25) is 0 Å². The average Bonchev–Trinajstić information content (AvgIpc) is 2.37. The smallest absolute Gasteiger partial charge is 0.137 e. The topological polar surface area (TPSA) is 63.4 Å². The number of hydrogen-bond donors (Lipinski definition) is 2. The van der Waals surface area contributed by atoms with Gasteiger partial charge in [-0.25, -0.2) is 0 Å². The Morgan fingerprint density at radius 1 is 1.42 bits per heavy atom. The van der Waals surface area contributed by atoms with Gasteiger partial charge in [0.1, 0.15) is 5.75 Å². The number of hydrazine groups is 1. The second-order valence-corrected chi connectivity index (χ2v) is 5.45. The Balaban J connectivity index is 2.98. The normalized spacial score (nSPS) is 13.6. The summed E-state index contributed by atoms with van der Waals surface area (Å²) in [7, 11) is 4.07. The van der Waals surface area contributed by atoms with Crippen molar-refractivity contribution in [3.63, 3.8) is 0 Å². The first-order valence-electron chi connectivity index (χ1n) is 6.64. The lowest BCUT2D eigenvalue weighted by Crippen LogP contribution is -2.51. The van der Waals surface area contributed by atoms with Gasteiger partial charge in [0, 0.05) is 11.7 Å². The summed E-state index contributed by atoms with van der Waals surface area (Å²) in [4.78, 5) is 6.38. The van der Waals surface area contributed by atoms with Crippen molar-refractivity contribution >= 4 is 0 Å². The molecule has 1 atom stereocenters. The maximum atomic E-state index is 5.73. The number of hydrogen-bond acceptors (Lipinski definition) is 5. The summed E-state index contributed by atoms with van der Waals surface area (Å²) in [6.07, 6.45) is 4.54. The van der Waals surface area contributed by atoms with E-state index in [1.165, 1.54) is 0 Å². The van der Waals surface area contributed by atoms with E-state index >= 15 is 0 Å². The molecule has 1 unspecified atom stereocenters. The fourth-order valence-electron chi connectivity index (χ4n) is 1.86. The average molecular weight is 266 g/mol. The van der Waals surface area contributed by atoms with Gasteiger partial charge in [0.15, 0.2) is 0 Å². The van der Waals surface area contributed by atoms with Crippen molar-refractivity contribution in [1.82, 2.24) is 15.3 Å². The minimum atomic E-state index is -0.139.